The largest absolute Gasteiger partial charge is 0.467 e. The molecule has 0 atom stereocenters. The van der Waals surface area contributed by atoms with Crippen molar-refractivity contribution in [1.29, 1.82) is 0 Å². The molecule has 0 amide bonds. The van der Waals surface area contributed by atoms with Crippen molar-refractivity contribution in [3.63, 3.8) is 0 Å². The van der Waals surface area contributed by atoms with Gasteiger partial charge in [0.1, 0.15) is 11.6 Å². The van der Waals surface area contributed by atoms with Crippen LogP contribution < -0.4 is 4.31 Å². The van der Waals surface area contributed by atoms with Crippen LogP contribution in [0.1, 0.15) is 5.76 Å². The van der Waals surface area contributed by atoms with E-state index in [1.807, 2.05) is 0 Å². The van der Waals surface area contributed by atoms with Crippen molar-refractivity contribution in [2.45, 2.75) is 11.4 Å². The predicted molar refractivity (Wildman–Crippen MR) is 89.9 cm³/mol. The number of hydrogen-bond acceptors (Lipinski definition) is 3. The van der Waals surface area contributed by atoms with E-state index in [4.69, 9.17) is 16.0 Å². The Hall–Kier alpha value is -2.31. The quantitative estimate of drug-likeness (QED) is 0.670. The Morgan fingerprint density at radius 3 is 2.33 bits per heavy atom. The van der Waals surface area contributed by atoms with Crippen LogP contribution in [0.25, 0.3) is 0 Å². The monoisotopic (exact) mass is 365 g/mol. The Labute approximate surface area is 144 Å². The number of sulfonamides is 1. The van der Waals surface area contributed by atoms with Gasteiger partial charge in [0.15, 0.2) is 0 Å². The highest BCUT2D eigenvalue weighted by Crippen LogP contribution is 2.31. The number of benzene rings is 2. The standard InChI is InChI=1S/C17H13ClFNO3S/c18-16-5-1-2-6-17(16)20(12-14-4-3-11-23-14)24(21,22)15-9-7-13(19)8-10-15/h1-11H,12H2. The molecular weight excluding hydrogens is 353 g/mol. The molecule has 3 aromatic rings. The molecular formula is C17H13ClFNO3S. The Morgan fingerprint density at radius 1 is 1.00 bits per heavy atom. The summed E-state index contributed by atoms with van der Waals surface area (Å²) in [6.45, 7) is -0.0313. The first kappa shape index (κ1) is 16.5. The molecule has 1 aromatic heterocycles. The Morgan fingerprint density at radius 2 is 1.71 bits per heavy atom. The molecule has 0 spiro atoms. The lowest BCUT2D eigenvalue weighted by Crippen LogP contribution is -2.30. The fraction of sp³-hybridized carbons (Fsp3) is 0.0588. The highest BCUT2D eigenvalue weighted by molar-refractivity contribution is 7.92. The lowest BCUT2D eigenvalue weighted by molar-refractivity contribution is 0.508. The number of halogens is 2. The van der Waals surface area contributed by atoms with Crippen LogP contribution in [0.15, 0.2) is 76.2 Å². The summed E-state index contributed by atoms with van der Waals surface area (Å²) in [6, 6.07) is 14.6. The number of nitrogens with zero attached hydrogens (tertiary/aromatic N) is 1. The van der Waals surface area contributed by atoms with Gasteiger partial charge >= 0.3 is 0 Å². The molecule has 0 N–H and O–H groups in total. The van der Waals surface area contributed by atoms with Crippen LogP contribution in [-0.4, -0.2) is 8.42 Å². The Kier molecular flexibility index (Phi) is 4.59. The second-order valence-electron chi connectivity index (χ2n) is 5.00. The van der Waals surface area contributed by atoms with Crippen LogP contribution in [0.4, 0.5) is 10.1 Å². The van der Waals surface area contributed by atoms with Gasteiger partial charge in [0.2, 0.25) is 0 Å². The minimum absolute atomic E-state index is 0.0313. The summed E-state index contributed by atoms with van der Waals surface area (Å²) >= 11 is 6.18. The molecule has 1 heterocycles. The van der Waals surface area contributed by atoms with Gasteiger partial charge < -0.3 is 4.42 Å². The van der Waals surface area contributed by atoms with Gasteiger partial charge in [-0.25, -0.2) is 12.8 Å². The van der Waals surface area contributed by atoms with Gasteiger partial charge in [-0.15, -0.1) is 0 Å². The van der Waals surface area contributed by atoms with E-state index >= 15 is 0 Å². The van der Waals surface area contributed by atoms with Crippen LogP contribution in [0, 0.1) is 5.82 Å². The van der Waals surface area contributed by atoms with Crippen molar-refractivity contribution >= 4 is 27.3 Å². The summed E-state index contributed by atoms with van der Waals surface area (Å²) in [5.41, 5.74) is 0.319. The normalized spacial score (nSPS) is 11.4. The minimum Gasteiger partial charge on any atom is -0.467 e. The van der Waals surface area contributed by atoms with Gasteiger partial charge in [0.05, 0.1) is 28.4 Å². The number of rotatable bonds is 5. The molecule has 0 radical (unpaired) electrons. The van der Waals surface area contributed by atoms with E-state index in [0.717, 1.165) is 16.4 Å². The fourth-order valence-electron chi connectivity index (χ4n) is 2.23. The summed E-state index contributed by atoms with van der Waals surface area (Å²) in [6.07, 6.45) is 1.46. The van der Waals surface area contributed by atoms with Gasteiger partial charge in [0, 0.05) is 0 Å². The zero-order valence-corrected chi connectivity index (χ0v) is 14.0. The van der Waals surface area contributed by atoms with Crippen LogP contribution in [-0.2, 0) is 16.6 Å². The van der Waals surface area contributed by atoms with Crippen molar-refractivity contribution in [3.8, 4) is 0 Å². The lowest BCUT2D eigenvalue weighted by atomic mass is 10.3. The lowest BCUT2D eigenvalue weighted by Gasteiger charge is -2.24. The molecule has 24 heavy (non-hydrogen) atoms. The summed E-state index contributed by atoms with van der Waals surface area (Å²) in [5.74, 6) is -0.0510. The Bertz CT molecular complexity index is 925. The number of para-hydroxylation sites is 1. The maximum atomic E-state index is 13.1. The van der Waals surface area contributed by atoms with Crippen LogP contribution in [0.2, 0.25) is 5.02 Å². The van der Waals surface area contributed by atoms with E-state index in [-0.39, 0.29) is 16.5 Å². The maximum Gasteiger partial charge on any atom is 0.264 e. The number of anilines is 1. The van der Waals surface area contributed by atoms with Crippen molar-refractivity contribution in [2.24, 2.45) is 0 Å². The van der Waals surface area contributed by atoms with E-state index in [9.17, 15) is 12.8 Å². The summed E-state index contributed by atoms with van der Waals surface area (Å²) in [5, 5.41) is 0.287. The van der Waals surface area contributed by atoms with Gasteiger partial charge in [-0.1, -0.05) is 23.7 Å². The van der Waals surface area contributed by atoms with Gasteiger partial charge in [0.25, 0.3) is 10.0 Å². The molecule has 3 rings (SSSR count). The van der Waals surface area contributed by atoms with Gasteiger partial charge in [-0.2, -0.15) is 0 Å². The fourth-order valence-corrected chi connectivity index (χ4v) is 3.97. The maximum absolute atomic E-state index is 13.1. The molecule has 0 aliphatic heterocycles. The molecule has 0 saturated heterocycles. The minimum atomic E-state index is -3.95. The molecule has 0 fully saturated rings. The number of furan rings is 1. The van der Waals surface area contributed by atoms with Crippen LogP contribution in [0.5, 0.6) is 0 Å². The topological polar surface area (TPSA) is 50.5 Å². The van der Waals surface area contributed by atoms with Crippen LogP contribution >= 0.6 is 11.6 Å². The summed E-state index contributed by atoms with van der Waals surface area (Å²) in [4.78, 5) is -0.0321. The third kappa shape index (κ3) is 3.29. The summed E-state index contributed by atoms with van der Waals surface area (Å²) < 4.78 is 45.6. The van der Waals surface area contributed by atoms with E-state index < -0.39 is 15.8 Å². The molecule has 2 aromatic carbocycles. The van der Waals surface area contributed by atoms with E-state index in [2.05, 4.69) is 0 Å². The van der Waals surface area contributed by atoms with Crippen molar-refractivity contribution < 1.29 is 17.2 Å². The van der Waals surface area contributed by atoms with Gasteiger partial charge in [-0.05, 0) is 48.5 Å². The third-order valence-electron chi connectivity index (χ3n) is 3.40. The molecule has 7 heteroatoms. The highest BCUT2D eigenvalue weighted by Gasteiger charge is 2.27. The zero-order chi connectivity index (χ0) is 17.2. The van der Waals surface area contributed by atoms with Gasteiger partial charge in [-0.3, -0.25) is 4.31 Å². The first-order valence-corrected chi connectivity index (χ1v) is 8.85. The molecule has 0 bridgehead atoms. The first-order chi connectivity index (χ1) is 11.5. The number of hydrogen-bond donors (Lipinski definition) is 0. The Balaban J connectivity index is 2.10. The first-order valence-electron chi connectivity index (χ1n) is 7.04. The average molecular weight is 366 g/mol. The average Bonchev–Trinajstić information content (AvgIpc) is 3.07. The SMILES string of the molecule is O=S(=O)(c1ccc(F)cc1)N(Cc1ccco1)c1ccccc1Cl. The van der Waals surface area contributed by atoms with Crippen molar-refractivity contribution in [3.05, 3.63) is 83.5 Å². The second kappa shape index (κ2) is 6.67. The van der Waals surface area contributed by atoms with Crippen molar-refractivity contribution in [1.82, 2.24) is 0 Å². The van der Waals surface area contributed by atoms with E-state index in [1.54, 1.807) is 36.4 Å². The molecule has 0 saturated carbocycles. The summed E-state index contributed by atoms with van der Waals surface area (Å²) in [7, 11) is -3.95. The molecule has 0 unspecified atom stereocenters. The van der Waals surface area contributed by atoms with E-state index in [0.29, 0.717) is 11.4 Å². The molecule has 4 nitrogen and oxygen atoms in total. The van der Waals surface area contributed by atoms with Crippen molar-refractivity contribution in [2.75, 3.05) is 4.31 Å². The highest BCUT2D eigenvalue weighted by atomic mass is 35.5. The molecule has 0 aliphatic rings. The second-order valence-corrected chi connectivity index (χ2v) is 7.27. The third-order valence-corrected chi connectivity index (χ3v) is 5.50. The predicted octanol–water partition coefficient (Wildman–Crippen LogP) is 4.47. The van der Waals surface area contributed by atoms with E-state index in [1.165, 1.54) is 18.4 Å². The van der Waals surface area contributed by atoms with Crippen LogP contribution in [0.3, 0.4) is 0 Å². The zero-order valence-electron chi connectivity index (χ0n) is 12.4. The smallest absolute Gasteiger partial charge is 0.264 e. The molecule has 124 valence electrons. The molecule has 0 aliphatic carbocycles.